The van der Waals surface area contributed by atoms with E-state index in [0.717, 1.165) is 24.6 Å². The second kappa shape index (κ2) is 6.39. The lowest BCUT2D eigenvalue weighted by atomic mass is 9.79. The van der Waals surface area contributed by atoms with Crippen molar-refractivity contribution in [2.45, 2.75) is 44.9 Å². The Balaban J connectivity index is 1.73. The molecule has 0 saturated heterocycles. The Morgan fingerprint density at radius 3 is 2.95 bits per heavy atom. The van der Waals surface area contributed by atoms with Crippen LogP contribution < -0.4 is 5.73 Å². The van der Waals surface area contributed by atoms with Crippen molar-refractivity contribution < 1.29 is 4.52 Å². The summed E-state index contributed by atoms with van der Waals surface area (Å²) in [5.41, 5.74) is 8.37. The quantitative estimate of drug-likeness (QED) is 0.937. The zero-order valence-electron chi connectivity index (χ0n) is 12.6. The Morgan fingerprint density at radius 1 is 1.29 bits per heavy atom. The first-order valence-electron chi connectivity index (χ1n) is 7.84. The van der Waals surface area contributed by atoms with E-state index in [4.69, 9.17) is 10.3 Å². The van der Waals surface area contributed by atoms with E-state index >= 15 is 0 Å². The molecular formula is C17H23N3O. The molecule has 3 rings (SSSR count). The summed E-state index contributed by atoms with van der Waals surface area (Å²) in [7, 11) is 0. The molecule has 1 saturated carbocycles. The van der Waals surface area contributed by atoms with Crippen LogP contribution in [0.3, 0.4) is 0 Å². The molecule has 0 spiro atoms. The number of aromatic nitrogens is 2. The summed E-state index contributed by atoms with van der Waals surface area (Å²) in [6.45, 7) is 2.80. The molecule has 2 aromatic rings. The van der Waals surface area contributed by atoms with Gasteiger partial charge in [-0.1, -0.05) is 47.8 Å². The largest absolute Gasteiger partial charge is 0.339 e. The lowest BCUT2D eigenvalue weighted by Crippen LogP contribution is -2.25. The number of aryl methyl sites for hydroxylation is 1. The Labute approximate surface area is 125 Å². The SMILES string of the molecule is Cc1cccc(Cc2noc(C3CCCCC3CN)n2)c1. The lowest BCUT2D eigenvalue weighted by Gasteiger charge is -2.27. The third kappa shape index (κ3) is 3.32. The molecule has 1 aromatic carbocycles. The van der Waals surface area contributed by atoms with Crippen molar-refractivity contribution in [1.29, 1.82) is 0 Å². The minimum Gasteiger partial charge on any atom is -0.339 e. The third-order valence-electron chi connectivity index (χ3n) is 4.46. The van der Waals surface area contributed by atoms with Crippen LogP contribution in [-0.2, 0) is 6.42 Å². The second-order valence-corrected chi connectivity index (χ2v) is 6.10. The summed E-state index contributed by atoms with van der Waals surface area (Å²) >= 11 is 0. The number of hydrogen-bond acceptors (Lipinski definition) is 4. The van der Waals surface area contributed by atoms with Crippen molar-refractivity contribution in [1.82, 2.24) is 10.1 Å². The average molecular weight is 285 g/mol. The highest BCUT2D eigenvalue weighted by atomic mass is 16.5. The summed E-state index contributed by atoms with van der Waals surface area (Å²) in [4.78, 5) is 4.62. The Morgan fingerprint density at radius 2 is 2.14 bits per heavy atom. The van der Waals surface area contributed by atoms with Crippen LogP contribution in [0.25, 0.3) is 0 Å². The van der Waals surface area contributed by atoms with Crippen LogP contribution in [0.5, 0.6) is 0 Å². The van der Waals surface area contributed by atoms with Crippen LogP contribution in [0, 0.1) is 12.8 Å². The van der Waals surface area contributed by atoms with Gasteiger partial charge < -0.3 is 10.3 Å². The van der Waals surface area contributed by atoms with Crippen LogP contribution in [0.2, 0.25) is 0 Å². The smallest absolute Gasteiger partial charge is 0.230 e. The second-order valence-electron chi connectivity index (χ2n) is 6.10. The maximum absolute atomic E-state index is 5.89. The maximum atomic E-state index is 5.89. The molecule has 2 N–H and O–H groups in total. The first kappa shape index (κ1) is 14.3. The summed E-state index contributed by atoms with van der Waals surface area (Å²) in [5, 5.41) is 4.16. The first-order valence-corrected chi connectivity index (χ1v) is 7.84. The van der Waals surface area contributed by atoms with E-state index in [0.29, 0.717) is 18.4 Å². The van der Waals surface area contributed by atoms with Gasteiger partial charge in [0.05, 0.1) is 0 Å². The zero-order valence-corrected chi connectivity index (χ0v) is 12.6. The lowest BCUT2D eigenvalue weighted by molar-refractivity contribution is 0.249. The van der Waals surface area contributed by atoms with Crippen LogP contribution in [0.15, 0.2) is 28.8 Å². The summed E-state index contributed by atoms with van der Waals surface area (Å²) in [5.74, 6) is 2.40. The number of nitrogens with zero attached hydrogens (tertiary/aromatic N) is 2. The molecular weight excluding hydrogens is 262 g/mol. The van der Waals surface area contributed by atoms with Crippen molar-refractivity contribution in [3.05, 3.63) is 47.1 Å². The molecule has 0 bridgehead atoms. The summed E-state index contributed by atoms with van der Waals surface area (Å²) < 4.78 is 5.52. The predicted molar refractivity (Wildman–Crippen MR) is 82.0 cm³/mol. The van der Waals surface area contributed by atoms with E-state index in [1.165, 1.54) is 30.4 Å². The topological polar surface area (TPSA) is 64.9 Å². The maximum Gasteiger partial charge on any atom is 0.230 e. The predicted octanol–water partition coefficient (Wildman–Crippen LogP) is 3.20. The average Bonchev–Trinajstić information content (AvgIpc) is 2.95. The van der Waals surface area contributed by atoms with Crippen LogP contribution in [-0.4, -0.2) is 16.7 Å². The van der Waals surface area contributed by atoms with Crippen molar-refractivity contribution in [3.63, 3.8) is 0 Å². The van der Waals surface area contributed by atoms with Gasteiger partial charge in [-0.15, -0.1) is 0 Å². The molecule has 4 nitrogen and oxygen atoms in total. The van der Waals surface area contributed by atoms with Gasteiger partial charge in [-0.25, -0.2) is 0 Å². The van der Waals surface area contributed by atoms with E-state index < -0.39 is 0 Å². The molecule has 0 amide bonds. The molecule has 1 fully saturated rings. The molecule has 1 heterocycles. The molecule has 2 atom stereocenters. The fraction of sp³-hybridized carbons (Fsp3) is 0.529. The fourth-order valence-electron chi connectivity index (χ4n) is 3.31. The van der Waals surface area contributed by atoms with Crippen molar-refractivity contribution in [2.75, 3.05) is 6.54 Å². The first-order chi connectivity index (χ1) is 10.3. The van der Waals surface area contributed by atoms with Gasteiger partial charge in [0.1, 0.15) is 0 Å². The minimum absolute atomic E-state index is 0.350. The van der Waals surface area contributed by atoms with Gasteiger partial charge in [-0.3, -0.25) is 0 Å². The molecule has 4 heteroatoms. The van der Waals surface area contributed by atoms with Gasteiger partial charge in [0, 0.05) is 12.3 Å². The van der Waals surface area contributed by atoms with Gasteiger partial charge in [0.25, 0.3) is 0 Å². The molecule has 0 aliphatic heterocycles. The van der Waals surface area contributed by atoms with Crippen molar-refractivity contribution >= 4 is 0 Å². The van der Waals surface area contributed by atoms with Crippen molar-refractivity contribution in [2.24, 2.45) is 11.7 Å². The number of hydrogen-bond donors (Lipinski definition) is 1. The molecule has 0 radical (unpaired) electrons. The van der Waals surface area contributed by atoms with E-state index in [1.54, 1.807) is 0 Å². The monoisotopic (exact) mass is 285 g/mol. The normalized spacial score (nSPS) is 22.4. The Bertz CT molecular complexity index is 593. The Hall–Kier alpha value is -1.68. The molecule has 1 aliphatic rings. The zero-order chi connectivity index (χ0) is 14.7. The fourth-order valence-corrected chi connectivity index (χ4v) is 3.31. The highest BCUT2D eigenvalue weighted by Gasteiger charge is 2.29. The molecule has 2 unspecified atom stereocenters. The van der Waals surface area contributed by atoms with E-state index in [-0.39, 0.29) is 0 Å². The molecule has 112 valence electrons. The standard InChI is InChI=1S/C17H23N3O/c1-12-5-4-6-13(9-12)10-16-19-17(21-20-16)15-8-3-2-7-14(15)11-18/h4-6,9,14-15H,2-3,7-8,10-11,18H2,1H3. The summed E-state index contributed by atoms with van der Waals surface area (Å²) in [6, 6.07) is 8.43. The molecule has 1 aromatic heterocycles. The van der Waals surface area contributed by atoms with Crippen LogP contribution >= 0.6 is 0 Å². The highest BCUT2D eigenvalue weighted by molar-refractivity contribution is 5.24. The molecule has 21 heavy (non-hydrogen) atoms. The van der Waals surface area contributed by atoms with E-state index in [1.807, 2.05) is 0 Å². The molecule has 1 aliphatic carbocycles. The van der Waals surface area contributed by atoms with Gasteiger partial charge in [-0.2, -0.15) is 4.98 Å². The van der Waals surface area contributed by atoms with Gasteiger partial charge in [0.2, 0.25) is 5.89 Å². The number of rotatable bonds is 4. The van der Waals surface area contributed by atoms with Gasteiger partial charge in [0.15, 0.2) is 5.82 Å². The van der Waals surface area contributed by atoms with E-state index in [9.17, 15) is 0 Å². The van der Waals surface area contributed by atoms with Crippen LogP contribution in [0.1, 0.15) is 54.4 Å². The summed E-state index contributed by atoms with van der Waals surface area (Å²) in [6.07, 6.45) is 5.52. The highest BCUT2D eigenvalue weighted by Crippen LogP contribution is 2.36. The van der Waals surface area contributed by atoms with Gasteiger partial charge >= 0.3 is 0 Å². The Kier molecular flexibility index (Phi) is 4.34. The number of nitrogens with two attached hydrogens (primary N) is 1. The van der Waals surface area contributed by atoms with Gasteiger partial charge in [-0.05, 0) is 37.8 Å². The van der Waals surface area contributed by atoms with E-state index in [2.05, 4.69) is 41.3 Å². The van der Waals surface area contributed by atoms with Crippen molar-refractivity contribution in [3.8, 4) is 0 Å². The van der Waals surface area contributed by atoms with Crippen LogP contribution in [0.4, 0.5) is 0 Å². The number of benzene rings is 1. The third-order valence-corrected chi connectivity index (χ3v) is 4.46. The minimum atomic E-state index is 0.350.